The third-order valence-electron chi connectivity index (χ3n) is 6.02. The number of hydrogen-bond acceptors (Lipinski definition) is 2. The quantitative estimate of drug-likeness (QED) is 0.710. The number of thiocarbonyl (C=S) groups is 1. The van der Waals surface area contributed by atoms with E-state index in [1.165, 1.54) is 30.4 Å². The zero-order valence-electron chi connectivity index (χ0n) is 16.3. The van der Waals surface area contributed by atoms with Crippen molar-refractivity contribution >= 4 is 23.0 Å². The van der Waals surface area contributed by atoms with Crippen LogP contribution in [0.15, 0.2) is 48.5 Å². The van der Waals surface area contributed by atoms with E-state index in [9.17, 15) is 4.39 Å². The summed E-state index contributed by atoms with van der Waals surface area (Å²) in [6.07, 6.45) is 5.97. The number of aryl methyl sites for hydroxylation is 1. The number of piperidine rings is 2. The van der Waals surface area contributed by atoms with Gasteiger partial charge in [0.1, 0.15) is 5.82 Å². The van der Waals surface area contributed by atoms with Crippen LogP contribution in [0.1, 0.15) is 43.2 Å². The average Bonchev–Trinajstić information content (AvgIpc) is 2.64. The topological polar surface area (TPSA) is 27.3 Å². The fraction of sp³-hybridized carbons (Fsp3) is 0.435. The number of fused-ring (bicyclic) bond motifs is 2. The van der Waals surface area contributed by atoms with Crippen molar-refractivity contribution in [2.24, 2.45) is 0 Å². The molecule has 0 amide bonds. The Labute approximate surface area is 172 Å². The Morgan fingerprint density at radius 2 is 1.82 bits per heavy atom. The predicted octanol–water partition coefficient (Wildman–Crippen LogP) is 5.01. The van der Waals surface area contributed by atoms with Gasteiger partial charge in [-0.3, -0.25) is 4.90 Å². The molecule has 2 aliphatic heterocycles. The van der Waals surface area contributed by atoms with Gasteiger partial charge >= 0.3 is 0 Å². The van der Waals surface area contributed by atoms with Crippen molar-refractivity contribution < 1.29 is 4.39 Å². The van der Waals surface area contributed by atoms with E-state index in [4.69, 9.17) is 12.2 Å². The number of hydrogen-bond donors (Lipinski definition) is 2. The highest BCUT2D eigenvalue weighted by atomic mass is 32.1. The molecule has 0 radical (unpaired) electrons. The van der Waals surface area contributed by atoms with Gasteiger partial charge in [0.15, 0.2) is 5.11 Å². The van der Waals surface area contributed by atoms with Gasteiger partial charge in [-0.25, -0.2) is 4.39 Å². The molecule has 2 atom stereocenters. The van der Waals surface area contributed by atoms with Crippen LogP contribution in [-0.4, -0.2) is 28.1 Å². The van der Waals surface area contributed by atoms with Crippen LogP contribution in [0, 0.1) is 12.7 Å². The van der Waals surface area contributed by atoms with Crippen molar-refractivity contribution in [2.45, 2.75) is 63.7 Å². The minimum Gasteiger partial charge on any atom is -0.360 e. The molecule has 0 saturated carbocycles. The van der Waals surface area contributed by atoms with E-state index >= 15 is 0 Å². The number of nitrogens with zero attached hydrogens (tertiary/aromatic N) is 1. The maximum Gasteiger partial charge on any atom is 0.170 e. The van der Waals surface area contributed by atoms with Gasteiger partial charge in [0.05, 0.1) is 0 Å². The second-order valence-electron chi connectivity index (χ2n) is 8.17. The Hall–Kier alpha value is -1.98. The van der Waals surface area contributed by atoms with E-state index in [1.54, 1.807) is 12.1 Å². The minimum absolute atomic E-state index is 0.165. The van der Waals surface area contributed by atoms with Crippen LogP contribution in [0.5, 0.6) is 0 Å². The van der Waals surface area contributed by atoms with Crippen LogP contribution in [0.25, 0.3) is 0 Å². The van der Waals surface area contributed by atoms with Crippen molar-refractivity contribution in [3.63, 3.8) is 0 Å². The molecule has 5 heteroatoms. The summed E-state index contributed by atoms with van der Waals surface area (Å²) in [6, 6.07) is 16.8. The smallest absolute Gasteiger partial charge is 0.170 e. The summed E-state index contributed by atoms with van der Waals surface area (Å²) < 4.78 is 13.2. The first kappa shape index (κ1) is 19.3. The van der Waals surface area contributed by atoms with Crippen molar-refractivity contribution in [2.75, 3.05) is 5.32 Å². The third kappa shape index (κ3) is 4.70. The molecule has 2 aromatic carbocycles. The first-order chi connectivity index (χ1) is 13.6. The van der Waals surface area contributed by atoms with Gasteiger partial charge in [0.25, 0.3) is 0 Å². The molecule has 148 valence electrons. The Morgan fingerprint density at radius 3 is 2.50 bits per heavy atom. The molecule has 2 aliphatic rings. The third-order valence-corrected chi connectivity index (χ3v) is 6.24. The highest BCUT2D eigenvalue weighted by Gasteiger charge is 2.38. The molecule has 2 saturated heterocycles. The maximum atomic E-state index is 13.2. The van der Waals surface area contributed by atoms with E-state index in [0.29, 0.717) is 23.2 Å². The molecule has 2 N–H and O–H groups in total. The van der Waals surface area contributed by atoms with E-state index in [2.05, 4.69) is 34.6 Å². The van der Waals surface area contributed by atoms with Gasteiger partial charge in [-0.1, -0.05) is 30.7 Å². The second kappa shape index (κ2) is 8.58. The molecule has 2 bridgehead atoms. The normalized spacial score (nSPS) is 24.6. The molecule has 0 spiro atoms. The van der Waals surface area contributed by atoms with Gasteiger partial charge in [-0.2, -0.15) is 0 Å². The summed E-state index contributed by atoms with van der Waals surface area (Å²) in [5.74, 6) is -0.165. The highest BCUT2D eigenvalue weighted by Crippen LogP contribution is 2.35. The van der Waals surface area contributed by atoms with Crippen molar-refractivity contribution in [1.29, 1.82) is 0 Å². The molecule has 2 heterocycles. The molecule has 4 rings (SSSR count). The number of rotatable bonds is 4. The number of anilines is 1. The van der Waals surface area contributed by atoms with E-state index in [-0.39, 0.29) is 5.82 Å². The summed E-state index contributed by atoms with van der Waals surface area (Å²) in [7, 11) is 0. The van der Waals surface area contributed by atoms with Crippen LogP contribution < -0.4 is 10.6 Å². The summed E-state index contributed by atoms with van der Waals surface area (Å²) >= 11 is 5.57. The van der Waals surface area contributed by atoms with Crippen LogP contribution >= 0.6 is 12.2 Å². The first-order valence-corrected chi connectivity index (χ1v) is 10.6. The fourth-order valence-corrected chi connectivity index (χ4v) is 5.02. The average molecular weight is 398 g/mol. The molecular weight excluding hydrogens is 369 g/mol. The largest absolute Gasteiger partial charge is 0.360 e. The van der Waals surface area contributed by atoms with Gasteiger partial charge in [0, 0.05) is 30.4 Å². The summed E-state index contributed by atoms with van der Waals surface area (Å²) in [5, 5.41) is 7.58. The molecule has 3 nitrogen and oxygen atoms in total. The molecule has 2 aromatic rings. The van der Waals surface area contributed by atoms with Crippen molar-refractivity contribution in [3.8, 4) is 0 Å². The summed E-state index contributed by atoms with van der Waals surface area (Å²) in [4.78, 5) is 2.63. The Kier molecular flexibility index (Phi) is 5.93. The Morgan fingerprint density at radius 1 is 1.11 bits per heavy atom. The lowest BCUT2D eigenvalue weighted by molar-refractivity contribution is 0.0211. The fourth-order valence-electron chi connectivity index (χ4n) is 4.73. The van der Waals surface area contributed by atoms with Crippen LogP contribution in [0.4, 0.5) is 10.1 Å². The maximum absolute atomic E-state index is 13.2. The SMILES string of the molecule is Cc1cccc(NC(=S)NC2C[C@H]3CCC[C@H](C2)N3Cc2ccc(F)cc2)c1. The van der Waals surface area contributed by atoms with E-state index in [0.717, 1.165) is 25.1 Å². The molecule has 0 unspecified atom stereocenters. The standard InChI is InChI=1S/C23H28FN3S/c1-16-4-2-5-19(12-16)25-23(28)26-20-13-21-6-3-7-22(14-20)27(21)15-17-8-10-18(24)11-9-17/h2,4-5,8-12,20-22H,3,6-7,13-15H2,1H3,(H2,25,26,28)/t21-,22-/m1/s1. The Balaban J connectivity index is 1.36. The lowest BCUT2D eigenvalue weighted by Crippen LogP contribution is -2.56. The van der Waals surface area contributed by atoms with Crippen molar-refractivity contribution in [1.82, 2.24) is 10.2 Å². The molecule has 28 heavy (non-hydrogen) atoms. The van der Waals surface area contributed by atoms with Crippen LogP contribution in [0.2, 0.25) is 0 Å². The Bertz CT molecular complexity index is 809. The summed E-state index contributed by atoms with van der Waals surface area (Å²) in [6.45, 7) is 2.99. The lowest BCUT2D eigenvalue weighted by Gasteiger charge is -2.49. The predicted molar refractivity (Wildman–Crippen MR) is 117 cm³/mol. The lowest BCUT2D eigenvalue weighted by atomic mass is 9.81. The van der Waals surface area contributed by atoms with E-state index < -0.39 is 0 Å². The highest BCUT2D eigenvalue weighted by molar-refractivity contribution is 7.80. The van der Waals surface area contributed by atoms with Gasteiger partial charge < -0.3 is 10.6 Å². The molecule has 2 fully saturated rings. The number of benzene rings is 2. The monoisotopic (exact) mass is 397 g/mol. The van der Waals surface area contributed by atoms with Gasteiger partial charge in [0.2, 0.25) is 0 Å². The zero-order chi connectivity index (χ0) is 19.5. The molecular formula is C23H28FN3S. The second-order valence-corrected chi connectivity index (χ2v) is 8.58. The number of nitrogens with one attached hydrogen (secondary N) is 2. The van der Waals surface area contributed by atoms with E-state index in [1.807, 2.05) is 24.3 Å². The minimum atomic E-state index is -0.165. The van der Waals surface area contributed by atoms with Gasteiger partial charge in [-0.05, 0) is 80.2 Å². The molecule has 0 aliphatic carbocycles. The van der Waals surface area contributed by atoms with Crippen LogP contribution in [0.3, 0.4) is 0 Å². The van der Waals surface area contributed by atoms with Gasteiger partial charge in [-0.15, -0.1) is 0 Å². The summed E-state index contributed by atoms with van der Waals surface area (Å²) in [5.41, 5.74) is 3.45. The zero-order valence-corrected chi connectivity index (χ0v) is 17.1. The van der Waals surface area contributed by atoms with Crippen molar-refractivity contribution in [3.05, 3.63) is 65.5 Å². The van der Waals surface area contributed by atoms with Crippen LogP contribution in [-0.2, 0) is 6.54 Å². The first-order valence-electron chi connectivity index (χ1n) is 10.2. The molecule has 0 aromatic heterocycles. The number of halogens is 1.